The predicted molar refractivity (Wildman–Crippen MR) is 37.9 cm³/mol. The van der Waals surface area contributed by atoms with Crippen LogP contribution >= 0.6 is 0 Å². The first-order valence-electron chi connectivity index (χ1n) is 3.39. The minimum absolute atomic E-state index is 0.0735. The molecule has 0 aliphatic carbocycles. The number of rotatable bonds is 2. The van der Waals surface area contributed by atoms with E-state index in [1.807, 2.05) is 0 Å². The molecule has 1 aromatic heterocycles. The Balaban J connectivity index is 2.81. The fourth-order valence-corrected chi connectivity index (χ4v) is 0.667. The van der Waals surface area contributed by atoms with Gasteiger partial charge in [-0.1, -0.05) is 0 Å². The third kappa shape index (κ3) is 1.98. The molecular weight excluding hydrogens is 163 g/mol. The molecule has 1 aromatic rings. The van der Waals surface area contributed by atoms with E-state index in [1.54, 1.807) is 6.92 Å². The molecule has 0 unspecified atom stereocenters. The Labute approximate surface area is 68.4 Å². The van der Waals surface area contributed by atoms with Crippen molar-refractivity contribution < 1.29 is 13.9 Å². The zero-order valence-corrected chi connectivity index (χ0v) is 6.45. The molecule has 0 atom stereocenters. The van der Waals surface area contributed by atoms with Gasteiger partial charge in [0.1, 0.15) is 0 Å². The molecule has 0 N–H and O–H groups in total. The Morgan fingerprint density at radius 3 is 3.08 bits per heavy atom. The van der Waals surface area contributed by atoms with E-state index in [0.717, 1.165) is 12.3 Å². The number of hydrogen-bond acceptors (Lipinski definition) is 4. The van der Waals surface area contributed by atoms with E-state index in [0.29, 0.717) is 0 Å². The smallest absolute Gasteiger partial charge is 0.339 e. The highest BCUT2D eigenvalue weighted by Crippen LogP contribution is 2.00. The van der Waals surface area contributed by atoms with Crippen molar-refractivity contribution >= 4 is 5.97 Å². The van der Waals surface area contributed by atoms with Crippen molar-refractivity contribution in [2.45, 2.75) is 6.92 Å². The highest BCUT2D eigenvalue weighted by molar-refractivity contribution is 5.88. The van der Waals surface area contributed by atoms with Crippen LogP contribution in [0.1, 0.15) is 17.3 Å². The van der Waals surface area contributed by atoms with E-state index >= 15 is 0 Å². The van der Waals surface area contributed by atoms with Crippen molar-refractivity contribution in [2.24, 2.45) is 0 Å². The summed E-state index contributed by atoms with van der Waals surface area (Å²) < 4.78 is 17.0. The van der Waals surface area contributed by atoms with Gasteiger partial charge in [-0.05, 0) is 6.92 Å². The van der Waals surface area contributed by atoms with Gasteiger partial charge in [-0.3, -0.25) is 0 Å². The van der Waals surface area contributed by atoms with Gasteiger partial charge in [0.2, 0.25) is 5.95 Å². The lowest BCUT2D eigenvalue weighted by atomic mass is 10.3. The first-order chi connectivity index (χ1) is 5.74. The van der Waals surface area contributed by atoms with Crippen LogP contribution in [0.3, 0.4) is 0 Å². The minimum Gasteiger partial charge on any atom is -0.462 e. The number of ether oxygens (including phenoxy) is 1. The van der Waals surface area contributed by atoms with E-state index < -0.39 is 11.9 Å². The molecule has 0 aliphatic rings. The third-order valence-electron chi connectivity index (χ3n) is 1.14. The second-order valence-corrected chi connectivity index (χ2v) is 1.99. The number of hydrogen-bond donors (Lipinski definition) is 0. The topological polar surface area (TPSA) is 52.1 Å². The van der Waals surface area contributed by atoms with Gasteiger partial charge < -0.3 is 4.74 Å². The van der Waals surface area contributed by atoms with Crippen molar-refractivity contribution in [1.82, 2.24) is 10.2 Å². The Bertz CT molecular complexity index is 290. The van der Waals surface area contributed by atoms with Gasteiger partial charge in [-0.25, -0.2) is 4.79 Å². The number of halogens is 1. The second-order valence-electron chi connectivity index (χ2n) is 1.99. The quantitative estimate of drug-likeness (QED) is 0.616. The van der Waals surface area contributed by atoms with Gasteiger partial charge in [0, 0.05) is 6.07 Å². The standard InChI is InChI=1S/C7H7FN2O2/c1-2-12-7(11)5-3-6(8)10-9-4-5/h3-4H,2H2,1H3. The van der Waals surface area contributed by atoms with Crippen LogP contribution in [0.15, 0.2) is 12.3 Å². The molecule has 0 saturated heterocycles. The fourth-order valence-electron chi connectivity index (χ4n) is 0.667. The first-order valence-corrected chi connectivity index (χ1v) is 3.39. The fraction of sp³-hybridized carbons (Fsp3) is 0.286. The van der Waals surface area contributed by atoms with Gasteiger partial charge in [0.05, 0.1) is 18.4 Å². The van der Waals surface area contributed by atoms with Crippen LogP contribution in [-0.2, 0) is 4.74 Å². The molecule has 64 valence electrons. The maximum absolute atomic E-state index is 12.4. The first kappa shape index (κ1) is 8.58. The second kappa shape index (κ2) is 3.75. The molecule has 0 aromatic carbocycles. The zero-order chi connectivity index (χ0) is 8.97. The van der Waals surface area contributed by atoms with Crippen LogP contribution in [0.25, 0.3) is 0 Å². The molecule has 0 spiro atoms. The van der Waals surface area contributed by atoms with Crippen molar-refractivity contribution in [1.29, 1.82) is 0 Å². The number of carbonyl (C=O) groups is 1. The summed E-state index contributed by atoms with van der Waals surface area (Å²) in [4.78, 5) is 10.9. The lowest BCUT2D eigenvalue weighted by Gasteiger charge is -1.99. The summed E-state index contributed by atoms with van der Waals surface area (Å²) in [6, 6.07) is 0.977. The van der Waals surface area contributed by atoms with E-state index in [2.05, 4.69) is 14.9 Å². The van der Waals surface area contributed by atoms with Gasteiger partial charge >= 0.3 is 5.97 Å². The molecule has 0 fully saturated rings. The Morgan fingerprint density at radius 1 is 1.75 bits per heavy atom. The minimum atomic E-state index is -0.791. The van der Waals surface area contributed by atoms with Gasteiger partial charge in [-0.2, -0.15) is 9.49 Å². The van der Waals surface area contributed by atoms with Crippen LogP contribution in [0.4, 0.5) is 4.39 Å². The third-order valence-corrected chi connectivity index (χ3v) is 1.14. The molecule has 0 saturated carbocycles. The lowest BCUT2D eigenvalue weighted by Crippen LogP contribution is -2.06. The number of carbonyl (C=O) groups excluding carboxylic acids is 1. The summed E-state index contributed by atoms with van der Waals surface area (Å²) in [5.41, 5.74) is 0.0735. The molecule has 0 radical (unpaired) electrons. The Kier molecular flexibility index (Phi) is 2.68. The summed E-state index contributed by atoms with van der Waals surface area (Å²) in [6.45, 7) is 1.92. The number of aromatic nitrogens is 2. The molecule has 0 bridgehead atoms. The van der Waals surface area contributed by atoms with Crippen LogP contribution in [0.5, 0.6) is 0 Å². The molecule has 0 aliphatic heterocycles. The summed E-state index contributed by atoms with van der Waals surface area (Å²) in [6.07, 6.45) is 1.15. The molecule has 1 rings (SSSR count). The SMILES string of the molecule is CCOC(=O)c1cnnc(F)c1. The predicted octanol–water partition coefficient (Wildman–Crippen LogP) is 0.792. The average Bonchev–Trinajstić information content (AvgIpc) is 2.05. The van der Waals surface area contributed by atoms with E-state index in [-0.39, 0.29) is 12.2 Å². The highest BCUT2D eigenvalue weighted by Gasteiger charge is 2.07. The van der Waals surface area contributed by atoms with E-state index in [4.69, 9.17) is 0 Å². The Morgan fingerprint density at radius 2 is 2.50 bits per heavy atom. The van der Waals surface area contributed by atoms with Crippen molar-refractivity contribution in [3.05, 3.63) is 23.8 Å². The van der Waals surface area contributed by atoms with Crippen LogP contribution in [-0.4, -0.2) is 22.8 Å². The maximum atomic E-state index is 12.4. The zero-order valence-electron chi connectivity index (χ0n) is 6.45. The summed E-state index contributed by atoms with van der Waals surface area (Å²) in [5, 5.41) is 6.32. The summed E-state index contributed by atoms with van der Waals surface area (Å²) >= 11 is 0. The average molecular weight is 170 g/mol. The monoisotopic (exact) mass is 170 g/mol. The van der Waals surface area contributed by atoms with Crippen LogP contribution in [0.2, 0.25) is 0 Å². The van der Waals surface area contributed by atoms with E-state index in [9.17, 15) is 9.18 Å². The summed E-state index contributed by atoms with van der Waals surface area (Å²) in [5.74, 6) is -1.38. The molecule has 1 heterocycles. The molecule has 5 heteroatoms. The molecule has 12 heavy (non-hydrogen) atoms. The van der Waals surface area contributed by atoms with E-state index in [1.165, 1.54) is 0 Å². The molecule has 0 amide bonds. The van der Waals surface area contributed by atoms with Gasteiger partial charge in [-0.15, -0.1) is 5.10 Å². The Hall–Kier alpha value is -1.52. The normalized spacial score (nSPS) is 9.50. The maximum Gasteiger partial charge on any atom is 0.339 e. The number of esters is 1. The molecular formula is C7H7FN2O2. The molecule has 4 nitrogen and oxygen atoms in total. The van der Waals surface area contributed by atoms with Gasteiger partial charge in [0.15, 0.2) is 0 Å². The van der Waals surface area contributed by atoms with Crippen molar-refractivity contribution in [3.63, 3.8) is 0 Å². The number of nitrogens with zero attached hydrogens (tertiary/aromatic N) is 2. The van der Waals surface area contributed by atoms with Crippen LogP contribution in [0, 0.1) is 5.95 Å². The summed E-state index contributed by atoms with van der Waals surface area (Å²) in [7, 11) is 0. The van der Waals surface area contributed by atoms with Gasteiger partial charge in [0.25, 0.3) is 0 Å². The van der Waals surface area contributed by atoms with Crippen LogP contribution < -0.4 is 0 Å². The largest absolute Gasteiger partial charge is 0.462 e. The lowest BCUT2D eigenvalue weighted by molar-refractivity contribution is 0.0525. The van der Waals surface area contributed by atoms with Crippen molar-refractivity contribution in [3.8, 4) is 0 Å². The highest BCUT2D eigenvalue weighted by atomic mass is 19.1. The van der Waals surface area contributed by atoms with Crippen molar-refractivity contribution in [2.75, 3.05) is 6.61 Å².